The quantitative estimate of drug-likeness (QED) is 0.799. The highest BCUT2D eigenvalue weighted by atomic mass is 16.3. The smallest absolute Gasteiger partial charge is 0.0818 e. The highest BCUT2D eigenvalue weighted by molar-refractivity contribution is 5.37. The lowest BCUT2D eigenvalue weighted by molar-refractivity contribution is 0.115. The first-order valence-corrected chi connectivity index (χ1v) is 5.73. The molecule has 1 N–H and O–H groups in total. The van der Waals surface area contributed by atoms with Gasteiger partial charge in [0.2, 0.25) is 0 Å². The maximum atomic E-state index is 10.2. The first-order chi connectivity index (χ1) is 6.97. The highest BCUT2D eigenvalue weighted by Crippen LogP contribution is 2.28. The second-order valence-corrected chi connectivity index (χ2v) is 4.62. The molecule has 1 heteroatoms. The second kappa shape index (κ2) is 4.80. The first-order valence-electron chi connectivity index (χ1n) is 5.73. The molecule has 0 radical (unpaired) electrons. The largest absolute Gasteiger partial charge is 0.388 e. The molecule has 0 aliphatic carbocycles. The van der Waals surface area contributed by atoms with Gasteiger partial charge in [-0.2, -0.15) is 0 Å². The molecule has 15 heavy (non-hydrogen) atoms. The number of aliphatic hydroxyl groups excluding tert-OH is 1. The van der Waals surface area contributed by atoms with Crippen LogP contribution in [0.4, 0.5) is 0 Å². The van der Waals surface area contributed by atoms with Gasteiger partial charge < -0.3 is 5.11 Å². The van der Waals surface area contributed by atoms with Gasteiger partial charge in [-0.25, -0.2) is 0 Å². The Balaban J connectivity index is 3.09. The summed E-state index contributed by atoms with van der Waals surface area (Å²) in [6, 6.07) is 4.29. The van der Waals surface area contributed by atoms with Crippen molar-refractivity contribution in [2.75, 3.05) is 0 Å². The Morgan fingerprint density at radius 1 is 1.07 bits per heavy atom. The van der Waals surface area contributed by atoms with Crippen molar-refractivity contribution in [1.29, 1.82) is 0 Å². The molecule has 0 aliphatic heterocycles. The molecule has 1 rings (SSSR count). The lowest BCUT2D eigenvalue weighted by Gasteiger charge is -2.20. The minimum Gasteiger partial charge on any atom is -0.388 e. The van der Waals surface area contributed by atoms with Crippen LogP contribution >= 0.6 is 0 Å². The fourth-order valence-electron chi connectivity index (χ4n) is 1.83. The summed E-state index contributed by atoms with van der Waals surface area (Å²) in [6.07, 6.45) is 0.683. The number of hydrogen-bond acceptors (Lipinski definition) is 1. The van der Waals surface area contributed by atoms with Crippen molar-refractivity contribution in [3.05, 3.63) is 34.4 Å². The van der Waals surface area contributed by atoms with E-state index in [2.05, 4.69) is 46.8 Å². The van der Waals surface area contributed by atoms with E-state index in [1.807, 2.05) is 0 Å². The lowest BCUT2D eigenvalue weighted by atomic mass is 9.90. The summed E-state index contributed by atoms with van der Waals surface area (Å²) in [7, 11) is 0. The van der Waals surface area contributed by atoms with Crippen molar-refractivity contribution in [1.82, 2.24) is 0 Å². The summed E-state index contributed by atoms with van der Waals surface area (Å²) in [5.74, 6) is 0.325. The highest BCUT2D eigenvalue weighted by Gasteiger charge is 2.17. The third kappa shape index (κ3) is 2.60. The van der Waals surface area contributed by atoms with Gasteiger partial charge in [0.1, 0.15) is 0 Å². The van der Waals surface area contributed by atoms with Crippen molar-refractivity contribution in [3.63, 3.8) is 0 Å². The number of aryl methyl sites for hydroxylation is 3. The van der Waals surface area contributed by atoms with Crippen LogP contribution in [0.5, 0.6) is 0 Å². The molecule has 1 nitrogen and oxygen atoms in total. The Bertz CT molecular complexity index is 341. The van der Waals surface area contributed by atoms with Crippen molar-refractivity contribution in [2.45, 2.75) is 47.1 Å². The Morgan fingerprint density at radius 3 is 2.13 bits per heavy atom. The maximum Gasteiger partial charge on any atom is 0.0818 e. The lowest BCUT2D eigenvalue weighted by Crippen LogP contribution is -2.10. The molecule has 84 valence electrons. The fraction of sp³-hybridized carbons (Fsp3) is 0.571. The Kier molecular flexibility index (Phi) is 3.92. The molecule has 0 amide bonds. The molecule has 2 unspecified atom stereocenters. The van der Waals surface area contributed by atoms with Crippen LogP contribution in [0.25, 0.3) is 0 Å². The van der Waals surface area contributed by atoms with Crippen LogP contribution in [0.2, 0.25) is 0 Å². The average molecular weight is 206 g/mol. The standard InChI is InChI=1S/C14H22O/c1-6-9(2)14(15)13-8-11(4)10(3)7-12(13)5/h7-9,14-15H,6H2,1-5H3. The van der Waals surface area contributed by atoms with E-state index < -0.39 is 0 Å². The van der Waals surface area contributed by atoms with Crippen LogP contribution in [0, 0.1) is 26.7 Å². The van der Waals surface area contributed by atoms with Gasteiger partial charge in [0.05, 0.1) is 6.10 Å². The zero-order chi connectivity index (χ0) is 11.6. The Hall–Kier alpha value is -0.820. The average Bonchev–Trinajstić information content (AvgIpc) is 2.21. The summed E-state index contributed by atoms with van der Waals surface area (Å²) >= 11 is 0. The summed E-state index contributed by atoms with van der Waals surface area (Å²) in [4.78, 5) is 0. The zero-order valence-electron chi connectivity index (χ0n) is 10.5. The minimum atomic E-state index is -0.325. The van der Waals surface area contributed by atoms with Crippen LogP contribution in [-0.4, -0.2) is 5.11 Å². The van der Waals surface area contributed by atoms with E-state index in [9.17, 15) is 5.11 Å². The topological polar surface area (TPSA) is 20.2 Å². The molecule has 0 fully saturated rings. The third-order valence-electron chi connectivity index (χ3n) is 3.38. The monoisotopic (exact) mass is 206 g/mol. The van der Waals surface area contributed by atoms with Gasteiger partial charge in [0.25, 0.3) is 0 Å². The van der Waals surface area contributed by atoms with Crippen molar-refractivity contribution < 1.29 is 5.11 Å². The Morgan fingerprint density at radius 2 is 1.60 bits per heavy atom. The number of rotatable bonds is 3. The Labute approximate surface area is 93.1 Å². The van der Waals surface area contributed by atoms with E-state index in [1.165, 1.54) is 16.7 Å². The van der Waals surface area contributed by atoms with E-state index >= 15 is 0 Å². The molecule has 0 aromatic heterocycles. The normalized spacial score (nSPS) is 15.1. The van der Waals surface area contributed by atoms with Gasteiger partial charge in [-0.3, -0.25) is 0 Å². The van der Waals surface area contributed by atoms with Crippen molar-refractivity contribution in [3.8, 4) is 0 Å². The molecule has 1 aromatic rings. The molecule has 0 aliphatic rings. The van der Waals surface area contributed by atoms with E-state index in [0.29, 0.717) is 5.92 Å². The molecule has 0 spiro atoms. The van der Waals surface area contributed by atoms with Crippen LogP contribution < -0.4 is 0 Å². The van der Waals surface area contributed by atoms with Crippen LogP contribution in [0.15, 0.2) is 12.1 Å². The van der Waals surface area contributed by atoms with E-state index in [0.717, 1.165) is 12.0 Å². The minimum absolute atomic E-state index is 0.325. The van der Waals surface area contributed by atoms with Gasteiger partial charge in [0, 0.05) is 0 Å². The van der Waals surface area contributed by atoms with Crippen molar-refractivity contribution in [2.24, 2.45) is 5.92 Å². The molecular weight excluding hydrogens is 184 g/mol. The van der Waals surface area contributed by atoms with Crippen molar-refractivity contribution >= 4 is 0 Å². The number of hydrogen-bond donors (Lipinski definition) is 1. The molecule has 1 aromatic carbocycles. The van der Waals surface area contributed by atoms with Gasteiger partial charge in [0.15, 0.2) is 0 Å². The molecule has 0 saturated carbocycles. The van der Waals surface area contributed by atoms with Crippen LogP contribution in [0.1, 0.15) is 48.6 Å². The van der Waals surface area contributed by atoms with Gasteiger partial charge in [-0.15, -0.1) is 0 Å². The van der Waals surface area contributed by atoms with Crippen LogP contribution in [-0.2, 0) is 0 Å². The molecule has 0 saturated heterocycles. The van der Waals surface area contributed by atoms with E-state index in [-0.39, 0.29) is 6.10 Å². The third-order valence-corrected chi connectivity index (χ3v) is 3.38. The predicted octanol–water partition coefficient (Wildman–Crippen LogP) is 3.69. The predicted molar refractivity (Wildman–Crippen MR) is 65.1 cm³/mol. The van der Waals surface area contributed by atoms with Crippen LogP contribution in [0.3, 0.4) is 0 Å². The molecule has 0 heterocycles. The molecule has 2 atom stereocenters. The number of aliphatic hydroxyl groups is 1. The zero-order valence-corrected chi connectivity index (χ0v) is 10.5. The summed E-state index contributed by atoms with van der Waals surface area (Å²) < 4.78 is 0. The van der Waals surface area contributed by atoms with E-state index in [1.54, 1.807) is 0 Å². The summed E-state index contributed by atoms with van der Waals surface area (Å²) in [5.41, 5.74) is 4.85. The SMILES string of the molecule is CCC(C)C(O)c1cc(C)c(C)cc1C. The summed E-state index contributed by atoms with van der Waals surface area (Å²) in [5, 5.41) is 10.2. The fourth-order valence-corrected chi connectivity index (χ4v) is 1.83. The number of benzene rings is 1. The van der Waals surface area contributed by atoms with Gasteiger partial charge in [-0.1, -0.05) is 32.4 Å². The van der Waals surface area contributed by atoms with Gasteiger partial charge in [-0.05, 0) is 48.9 Å². The second-order valence-electron chi connectivity index (χ2n) is 4.62. The molecule has 0 bridgehead atoms. The van der Waals surface area contributed by atoms with Gasteiger partial charge >= 0.3 is 0 Å². The summed E-state index contributed by atoms with van der Waals surface area (Å²) in [6.45, 7) is 10.5. The first kappa shape index (κ1) is 12.3. The molecular formula is C14H22O. The van der Waals surface area contributed by atoms with E-state index in [4.69, 9.17) is 0 Å². The maximum absolute atomic E-state index is 10.2.